The molecule has 0 amide bonds. The molecule has 136 valence electrons. The van der Waals surface area contributed by atoms with Gasteiger partial charge in [0.05, 0.1) is 6.61 Å². The van der Waals surface area contributed by atoms with Gasteiger partial charge in [-0.2, -0.15) is 4.39 Å². The van der Waals surface area contributed by atoms with E-state index >= 15 is 0 Å². The fraction of sp³-hybridized carbons (Fsp3) is 0.429. The van der Waals surface area contributed by atoms with E-state index in [4.69, 9.17) is 4.74 Å². The number of unbranched alkanes of at least 4 members (excludes halogenated alkanes) is 6. The highest BCUT2D eigenvalue weighted by Crippen LogP contribution is 2.30. The standard InChI is InChI=1S/C21H25BrF2O/c1-2-3-4-5-6-7-8-15-25-19-14-13-18(20(23)21(19)24)16-9-11-17(22)12-10-16/h9-14H,2-8,15H2,1H3. The smallest absolute Gasteiger partial charge is 0.201 e. The summed E-state index contributed by atoms with van der Waals surface area (Å²) >= 11 is 3.33. The van der Waals surface area contributed by atoms with Crippen molar-refractivity contribution >= 4 is 15.9 Å². The number of hydrogen-bond donors (Lipinski definition) is 0. The van der Waals surface area contributed by atoms with E-state index in [1.165, 1.54) is 38.2 Å². The first kappa shape index (κ1) is 19.9. The Morgan fingerprint density at radius 1 is 0.800 bits per heavy atom. The molecule has 0 atom stereocenters. The Bertz CT molecular complexity index is 656. The predicted octanol–water partition coefficient (Wildman–Crippen LogP) is 7.52. The first-order chi connectivity index (χ1) is 12.1. The normalized spacial score (nSPS) is 10.9. The average molecular weight is 411 g/mol. The van der Waals surface area contributed by atoms with Gasteiger partial charge < -0.3 is 4.74 Å². The molecule has 0 saturated carbocycles. The van der Waals surface area contributed by atoms with Crippen molar-refractivity contribution in [1.82, 2.24) is 0 Å². The van der Waals surface area contributed by atoms with E-state index in [9.17, 15) is 8.78 Å². The summed E-state index contributed by atoms with van der Waals surface area (Å²) in [7, 11) is 0. The minimum atomic E-state index is -0.914. The Hall–Kier alpha value is -1.42. The van der Waals surface area contributed by atoms with Crippen molar-refractivity contribution in [2.24, 2.45) is 0 Å². The van der Waals surface area contributed by atoms with Crippen molar-refractivity contribution in [3.63, 3.8) is 0 Å². The molecule has 0 fully saturated rings. The van der Waals surface area contributed by atoms with Crippen LogP contribution in [0.15, 0.2) is 40.9 Å². The summed E-state index contributed by atoms with van der Waals surface area (Å²) < 4.78 is 34.9. The van der Waals surface area contributed by atoms with Crippen LogP contribution in [-0.4, -0.2) is 6.61 Å². The summed E-state index contributed by atoms with van der Waals surface area (Å²) in [6.45, 7) is 2.62. The SMILES string of the molecule is CCCCCCCCCOc1ccc(-c2ccc(Br)cc2)c(F)c1F. The van der Waals surface area contributed by atoms with Crippen molar-refractivity contribution in [1.29, 1.82) is 0 Å². The van der Waals surface area contributed by atoms with Gasteiger partial charge in [-0.15, -0.1) is 0 Å². The van der Waals surface area contributed by atoms with Gasteiger partial charge in [-0.05, 0) is 36.2 Å². The molecule has 0 aliphatic heterocycles. The summed E-state index contributed by atoms with van der Waals surface area (Å²) in [5, 5.41) is 0. The monoisotopic (exact) mass is 410 g/mol. The van der Waals surface area contributed by atoms with Crippen molar-refractivity contribution in [2.45, 2.75) is 51.9 Å². The van der Waals surface area contributed by atoms with E-state index in [-0.39, 0.29) is 11.3 Å². The first-order valence-electron chi connectivity index (χ1n) is 9.00. The zero-order valence-corrected chi connectivity index (χ0v) is 16.2. The molecule has 0 radical (unpaired) electrons. The van der Waals surface area contributed by atoms with Crippen molar-refractivity contribution in [2.75, 3.05) is 6.61 Å². The average Bonchev–Trinajstić information content (AvgIpc) is 2.62. The molecule has 0 heterocycles. The third-order valence-corrected chi connectivity index (χ3v) is 4.74. The molecule has 0 aliphatic carbocycles. The molecule has 2 aromatic rings. The van der Waals surface area contributed by atoms with Crippen LogP contribution in [0.5, 0.6) is 5.75 Å². The van der Waals surface area contributed by atoms with Crippen LogP contribution in [-0.2, 0) is 0 Å². The van der Waals surface area contributed by atoms with E-state index in [1.54, 1.807) is 30.3 Å². The molecule has 0 bridgehead atoms. The summed E-state index contributed by atoms with van der Waals surface area (Å²) in [4.78, 5) is 0. The maximum Gasteiger partial charge on any atom is 0.201 e. The number of hydrogen-bond acceptors (Lipinski definition) is 1. The topological polar surface area (TPSA) is 9.23 Å². The fourth-order valence-electron chi connectivity index (χ4n) is 2.74. The highest BCUT2D eigenvalue weighted by molar-refractivity contribution is 9.10. The summed E-state index contributed by atoms with van der Waals surface area (Å²) in [5.41, 5.74) is 0.881. The van der Waals surface area contributed by atoms with Crippen LogP contribution in [0.2, 0.25) is 0 Å². The van der Waals surface area contributed by atoms with Gasteiger partial charge in [-0.1, -0.05) is 73.5 Å². The highest BCUT2D eigenvalue weighted by atomic mass is 79.9. The predicted molar refractivity (Wildman–Crippen MR) is 103 cm³/mol. The highest BCUT2D eigenvalue weighted by Gasteiger charge is 2.15. The minimum absolute atomic E-state index is 0.00987. The van der Waals surface area contributed by atoms with Crippen LogP contribution in [0.25, 0.3) is 11.1 Å². The van der Waals surface area contributed by atoms with E-state index in [0.29, 0.717) is 12.2 Å². The van der Waals surface area contributed by atoms with Crippen LogP contribution in [0.4, 0.5) is 8.78 Å². The summed E-state index contributed by atoms with van der Waals surface area (Å²) in [6.07, 6.45) is 8.12. The first-order valence-corrected chi connectivity index (χ1v) is 9.79. The lowest BCUT2D eigenvalue weighted by Gasteiger charge is -2.10. The lowest BCUT2D eigenvalue weighted by atomic mass is 10.0. The van der Waals surface area contributed by atoms with Gasteiger partial charge >= 0.3 is 0 Å². The molecule has 25 heavy (non-hydrogen) atoms. The van der Waals surface area contributed by atoms with Gasteiger partial charge in [0.15, 0.2) is 11.6 Å². The minimum Gasteiger partial charge on any atom is -0.490 e. The van der Waals surface area contributed by atoms with Crippen molar-refractivity contribution in [3.8, 4) is 16.9 Å². The maximum absolute atomic E-state index is 14.3. The summed E-state index contributed by atoms with van der Waals surface area (Å²) in [6, 6.07) is 10.2. The second-order valence-electron chi connectivity index (χ2n) is 6.22. The Morgan fingerprint density at radius 3 is 2.12 bits per heavy atom. The third-order valence-electron chi connectivity index (χ3n) is 4.21. The van der Waals surface area contributed by atoms with Crippen molar-refractivity contribution in [3.05, 3.63) is 52.5 Å². The lowest BCUT2D eigenvalue weighted by molar-refractivity contribution is 0.285. The number of halogens is 3. The molecule has 4 heteroatoms. The molecule has 0 saturated heterocycles. The Morgan fingerprint density at radius 2 is 1.44 bits per heavy atom. The summed E-state index contributed by atoms with van der Waals surface area (Å²) in [5.74, 6) is -1.79. The molecular formula is C21H25BrF2O. The maximum atomic E-state index is 14.3. The lowest BCUT2D eigenvalue weighted by Crippen LogP contribution is -2.01. The van der Waals surface area contributed by atoms with Gasteiger partial charge in [0.2, 0.25) is 5.82 Å². The van der Waals surface area contributed by atoms with E-state index in [0.717, 1.165) is 17.3 Å². The molecular weight excluding hydrogens is 386 g/mol. The van der Waals surface area contributed by atoms with Gasteiger partial charge in [-0.3, -0.25) is 0 Å². The van der Waals surface area contributed by atoms with Crippen LogP contribution >= 0.6 is 15.9 Å². The van der Waals surface area contributed by atoms with E-state index in [2.05, 4.69) is 22.9 Å². The molecule has 0 aromatic heterocycles. The number of benzene rings is 2. The molecule has 0 unspecified atom stereocenters. The van der Waals surface area contributed by atoms with Crippen LogP contribution in [0.3, 0.4) is 0 Å². The van der Waals surface area contributed by atoms with Crippen molar-refractivity contribution < 1.29 is 13.5 Å². The zero-order valence-electron chi connectivity index (χ0n) is 14.7. The van der Waals surface area contributed by atoms with E-state index < -0.39 is 11.6 Å². The molecule has 2 aromatic carbocycles. The molecule has 0 aliphatic rings. The Balaban J connectivity index is 1.86. The van der Waals surface area contributed by atoms with Crippen LogP contribution < -0.4 is 4.74 Å². The second-order valence-corrected chi connectivity index (χ2v) is 7.13. The molecule has 2 rings (SSSR count). The molecule has 1 nitrogen and oxygen atoms in total. The second kappa shape index (κ2) is 10.5. The number of ether oxygens (including phenoxy) is 1. The fourth-order valence-corrected chi connectivity index (χ4v) is 3.00. The van der Waals surface area contributed by atoms with Crippen LogP contribution in [0.1, 0.15) is 51.9 Å². The van der Waals surface area contributed by atoms with E-state index in [1.807, 2.05) is 0 Å². The van der Waals surface area contributed by atoms with Gasteiger partial charge in [0.25, 0.3) is 0 Å². The Labute approximate surface area is 157 Å². The molecule has 0 N–H and O–H groups in total. The third kappa shape index (κ3) is 6.10. The largest absolute Gasteiger partial charge is 0.490 e. The van der Waals surface area contributed by atoms with Gasteiger partial charge in [0, 0.05) is 10.0 Å². The Kier molecular flexibility index (Phi) is 8.39. The van der Waals surface area contributed by atoms with Crippen LogP contribution in [0, 0.1) is 11.6 Å². The number of rotatable bonds is 10. The van der Waals surface area contributed by atoms with Gasteiger partial charge in [-0.25, -0.2) is 4.39 Å². The van der Waals surface area contributed by atoms with Gasteiger partial charge in [0.1, 0.15) is 0 Å². The molecule has 0 spiro atoms. The zero-order chi connectivity index (χ0) is 18.1. The quantitative estimate of drug-likeness (QED) is 0.367.